The van der Waals surface area contributed by atoms with Crippen molar-refractivity contribution in [1.29, 1.82) is 0 Å². The number of aromatic nitrogens is 4. The van der Waals surface area contributed by atoms with E-state index in [0.717, 1.165) is 16.0 Å². The first-order chi connectivity index (χ1) is 18.3. The number of hydrogen-bond acceptors (Lipinski definition) is 6. The zero-order valence-corrected chi connectivity index (χ0v) is 19.4. The van der Waals surface area contributed by atoms with E-state index >= 15 is 0 Å². The number of pyridine rings is 1. The minimum Gasteiger partial charge on any atom is -0.434 e. The molecule has 2 bridgehead atoms. The maximum absolute atomic E-state index is 13.5. The summed E-state index contributed by atoms with van der Waals surface area (Å²) in [7, 11) is 0. The largest absolute Gasteiger partial charge is 0.434 e. The smallest absolute Gasteiger partial charge is 0.387 e. The van der Waals surface area contributed by atoms with Gasteiger partial charge >= 0.3 is 6.61 Å². The summed E-state index contributed by atoms with van der Waals surface area (Å²) >= 11 is 0. The number of rotatable bonds is 4. The van der Waals surface area contributed by atoms with Crippen LogP contribution in [0.5, 0.6) is 5.75 Å². The molecule has 2 atom stereocenters. The van der Waals surface area contributed by atoms with Crippen LogP contribution in [0.3, 0.4) is 0 Å². The number of hydrogen-bond donors (Lipinski definition) is 1. The lowest BCUT2D eigenvalue weighted by molar-refractivity contribution is -0.0505. The van der Waals surface area contributed by atoms with Gasteiger partial charge in [-0.15, -0.1) is 0 Å². The Morgan fingerprint density at radius 3 is 2.67 bits per heavy atom. The molecule has 0 saturated carbocycles. The number of fused-ring (bicyclic) bond motifs is 9. The molecule has 0 fully saturated rings. The second-order valence-electron chi connectivity index (χ2n) is 9.64. The first-order valence-corrected chi connectivity index (χ1v) is 11.4. The molecule has 0 radical (unpaired) electrons. The molecule has 1 aromatic carbocycles. The molecule has 8 nitrogen and oxygen atoms in total. The minimum absolute atomic E-state index is 0.0197. The van der Waals surface area contributed by atoms with E-state index in [1.165, 1.54) is 18.2 Å². The summed E-state index contributed by atoms with van der Waals surface area (Å²) in [6, 6.07) is 7.03. The Balaban J connectivity index is 1.56. The molecule has 6 rings (SSSR count). The summed E-state index contributed by atoms with van der Waals surface area (Å²) < 4.78 is 57.6. The van der Waals surface area contributed by atoms with Gasteiger partial charge in [-0.1, -0.05) is 6.07 Å². The van der Waals surface area contributed by atoms with Gasteiger partial charge in [0.05, 0.1) is 22.8 Å². The van der Waals surface area contributed by atoms with Crippen molar-refractivity contribution in [3.63, 3.8) is 0 Å². The molecular formula is C26H24F2N6O2. The predicted molar refractivity (Wildman–Crippen MR) is 128 cm³/mol. The van der Waals surface area contributed by atoms with Gasteiger partial charge in [-0.2, -0.15) is 13.9 Å². The highest BCUT2D eigenvalue weighted by Crippen LogP contribution is 2.53. The van der Waals surface area contributed by atoms with Crippen LogP contribution in [0, 0.1) is 0 Å². The van der Waals surface area contributed by atoms with E-state index in [-0.39, 0.29) is 23.3 Å². The lowest BCUT2D eigenvalue weighted by atomic mass is 9.88. The van der Waals surface area contributed by atoms with Crippen LogP contribution >= 0.6 is 0 Å². The molecule has 1 aliphatic carbocycles. The molecule has 10 heteroatoms. The molecule has 0 saturated heterocycles. The Hall–Kier alpha value is -3.92. The van der Waals surface area contributed by atoms with Gasteiger partial charge in [0.15, 0.2) is 0 Å². The maximum atomic E-state index is 13.5. The molecule has 36 heavy (non-hydrogen) atoms. The second-order valence-corrected chi connectivity index (χ2v) is 9.64. The lowest BCUT2D eigenvalue weighted by Gasteiger charge is -2.23. The number of carbonyl (C=O) groups excluding carboxylic acids is 1. The lowest BCUT2D eigenvalue weighted by Crippen LogP contribution is -2.31. The summed E-state index contributed by atoms with van der Waals surface area (Å²) in [5.41, 5.74) is 8.86. The highest BCUT2D eigenvalue weighted by atomic mass is 19.3. The molecule has 0 spiro atoms. The average molecular weight is 494 g/mol. The monoisotopic (exact) mass is 493 g/mol. The van der Waals surface area contributed by atoms with Gasteiger partial charge in [-0.05, 0) is 50.1 Å². The van der Waals surface area contributed by atoms with E-state index in [1.54, 1.807) is 37.0 Å². The first kappa shape index (κ1) is 19.3. The number of amides is 1. The summed E-state index contributed by atoms with van der Waals surface area (Å²) in [6.07, 6.45) is 5.23. The third-order valence-electron chi connectivity index (χ3n) is 6.78. The number of benzene rings is 1. The fourth-order valence-corrected chi connectivity index (χ4v) is 5.18. The molecule has 1 aliphatic heterocycles. The van der Waals surface area contributed by atoms with Crippen molar-refractivity contribution in [1.82, 2.24) is 24.5 Å². The SMILES string of the molecule is [2H]C([2H])([2H])N1C(=O)c2cccc(OC(F)F)c2[C@H]2C[C@@H]1c1nn3ccc(-c4cnc(C(C)(C)N)nc4)cc3c12. The number of halogens is 2. The highest BCUT2D eigenvalue weighted by Gasteiger charge is 2.46. The number of carbonyl (C=O) groups is 1. The van der Waals surface area contributed by atoms with Gasteiger partial charge in [0.25, 0.3) is 5.91 Å². The molecule has 2 aliphatic rings. The van der Waals surface area contributed by atoms with E-state index in [4.69, 9.17) is 14.6 Å². The van der Waals surface area contributed by atoms with Crippen molar-refractivity contribution in [3.8, 4) is 16.9 Å². The van der Waals surface area contributed by atoms with Gasteiger partial charge in [-0.25, -0.2) is 14.5 Å². The summed E-state index contributed by atoms with van der Waals surface area (Å²) in [5.74, 6) is -1.06. The zero-order valence-electron chi connectivity index (χ0n) is 22.4. The van der Waals surface area contributed by atoms with Crippen molar-refractivity contribution in [3.05, 3.63) is 77.1 Å². The van der Waals surface area contributed by atoms with Crippen molar-refractivity contribution >= 4 is 11.4 Å². The summed E-state index contributed by atoms with van der Waals surface area (Å²) in [6.45, 7) is -2.29. The van der Waals surface area contributed by atoms with Crippen LogP contribution in [-0.2, 0) is 5.54 Å². The van der Waals surface area contributed by atoms with Crippen LogP contribution in [0.2, 0.25) is 0 Å². The Labute approximate surface area is 209 Å². The van der Waals surface area contributed by atoms with E-state index in [9.17, 15) is 13.6 Å². The van der Waals surface area contributed by atoms with E-state index < -0.39 is 37.0 Å². The van der Waals surface area contributed by atoms with E-state index in [0.29, 0.717) is 22.6 Å². The number of alkyl halides is 2. The number of nitrogens with zero attached hydrogens (tertiary/aromatic N) is 5. The van der Waals surface area contributed by atoms with Crippen LogP contribution in [0.1, 0.15) is 69.3 Å². The fraction of sp³-hybridized carbons (Fsp3) is 0.308. The third-order valence-corrected chi connectivity index (χ3v) is 6.78. The van der Waals surface area contributed by atoms with Crippen LogP contribution in [0.15, 0.2) is 48.9 Å². The second kappa shape index (κ2) is 7.79. The zero-order chi connectivity index (χ0) is 27.9. The molecule has 2 N–H and O–H groups in total. The van der Waals surface area contributed by atoms with Crippen LogP contribution < -0.4 is 10.5 Å². The van der Waals surface area contributed by atoms with Gasteiger partial charge < -0.3 is 15.4 Å². The Morgan fingerprint density at radius 1 is 1.19 bits per heavy atom. The topological polar surface area (TPSA) is 98.6 Å². The van der Waals surface area contributed by atoms with Crippen LogP contribution in [0.25, 0.3) is 16.6 Å². The highest BCUT2D eigenvalue weighted by molar-refractivity contribution is 5.98. The molecular weight excluding hydrogens is 466 g/mol. The Morgan fingerprint density at radius 2 is 1.97 bits per heavy atom. The molecule has 184 valence electrons. The van der Waals surface area contributed by atoms with Crippen molar-refractivity contribution < 1.29 is 22.4 Å². The van der Waals surface area contributed by atoms with Crippen molar-refractivity contribution in [2.75, 3.05) is 6.98 Å². The van der Waals surface area contributed by atoms with E-state index in [2.05, 4.69) is 15.1 Å². The van der Waals surface area contributed by atoms with Gasteiger partial charge in [0, 0.05) is 57.9 Å². The maximum Gasteiger partial charge on any atom is 0.387 e. The normalized spacial score (nSPS) is 20.6. The van der Waals surface area contributed by atoms with Gasteiger partial charge in [-0.3, -0.25) is 4.79 Å². The summed E-state index contributed by atoms with van der Waals surface area (Å²) in [4.78, 5) is 23.2. The molecule has 3 aromatic heterocycles. The molecule has 4 heterocycles. The van der Waals surface area contributed by atoms with E-state index in [1.807, 2.05) is 12.1 Å². The fourth-order valence-electron chi connectivity index (χ4n) is 5.18. The molecule has 1 amide bonds. The number of ether oxygens (including phenoxy) is 1. The molecule has 0 unspecified atom stereocenters. The van der Waals surface area contributed by atoms with Crippen LogP contribution in [0.4, 0.5) is 8.78 Å². The average Bonchev–Trinajstić information content (AvgIpc) is 3.35. The van der Waals surface area contributed by atoms with Gasteiger partial charge in [0.1, 0.15) is 11.6 Å². The van der Waals surface area contributed by atoms with Gasteiger partial charge in [0.2, 0.25) is 0 Å². The quantitative estimate of drug-likeness (QED) is 0.456. The third kappa shape index (κ3) is 3.35. The predicted octanol–water partition coefficient (Wildman–Crippen LogP) is 4.25. The summed E-state index contributed by atoms with van der Waals surface area (Å²) in [5, 5.41) is 4.66. The Bertz CT molecular complexity index is 1620. The van der Waals surface area contributed by atoms with Crippen molar-refractivity contribution in [2.45, 2.75) is 44.4 Å². The standard InChI is InChI=1S/C26H24F2N6O2/c1-26(2,29)24-30-11-14(12-31-24)13-7-8-34-17(9-13)21-16-10-18(22(21)32-34)33(3)23(35)15-5-4-6-19(20(15)16)36-25(27)28/h4-9,11-12,16,18,25H,10,29H2,1-3H3/t16-,18-/m1/s1/i3D3. The number of nitrogens with two attached hydrogens (primary N) is 1. The minimum atomic E-state index is -3.12. The Kier molecular flexibility index (Phi) is 4.17. The first-order valence-electron chi connectivity index (χ1n) is 12.9. The van der Waals surface area contributed by atoms with Crippen molar-refractivity contribution in [2.24, 2.45) is 5.73 Å². The van der Waals surface area contributed by atoms with Crippen LogP contribution in [-0.4, -0.2) is 44.0 Å². The molecule has 4 aromatic rings.